The van der Waals surface area contributed by atoms with Crippen molar-refractivity contribution in [3.63, 3.8) is 0 Å². The van der Waals surface area contributed by atoms with E-state index in [0.29, 0.717) is 5.92 Å². The van der Waals surface area contributed by atoms with Crippen LogP contribution in [0, 0.1) is 12.8 Å². The third kappa shape index (κ3) is 2.40. The monoisotopic (exact) mass is 215 g/mol. The van der Waals surface area contributed by atoms with Gasteiger partial charge in [-0.15, -0.1) is 0 Å². The zero-order valence-electron chi connectivity index (χ0n) is 9.65. The topological polar surface area (TPSA) is 29.4 Å². The number of rotatable bonds is 3. The van der Waals surface area contributed by atoms with Crippen LogP contribution in [0.4, 0.5) is 0 Å². The van der Waals surface area contributed by atoms with Gasteiger partial charge in [0.2, 0.25) is 6.08 Å². The Labute approximate surface area is 96.4 Å². The average molecular weight is 215 g/mol. The Morgan fingerprint density at radius 2 is 1.88 bits per heavy atom. The van der Waals surface area contributed by atoms with Gasteiger partial charge in [-0.25, -0.2) is 4.79 Å². The largest absolute Gasteiger partial charge is 0.235 e. The number of isocyanates is 1. The molecule has 2 nitrogen and oxygen atoms in total. The summed E-state index contributed by atoms with van der Waals surface area (Å²) in [7, 11) is 0. The highest BCUT2D eigenvalue weighted by Gasteiger charge is 2.25. The van der Waals surface area contributed by atoms with Gasteiger partial charge in [0, 0.05) is 0 Å². The first-order valence-electron chi connectivity index (χ1n) is 5.95. The Hall–Kier alpha value is -1.40. The van der Waals surface area contributed by atoms with Crippen LogP contribution in [0.25, 0.3) is 0 Å². The van der Waals surface area contributed by atoms with Crippen LogP contribution in [0.3, 0.4) is 0 Å². The molecule has 0 bridgehead atoms. The summed E-state index contributed by atoms with van der Waals surface area (Å²) < 4.78 is 0. The van der Waals surface area contributed by atoms with Gasteiger partial charge in [0.25, 0.3) is 0 Å². The molecule has 1 atom stereocenters. The molecule has 2 rings (SSSR count). The van der Waals surface area contributed by atoms with Gasteiger partial charge in [0.05, 0.1) is 6.04 Å². The molecular weight excluding hydrogens is 198 g/mol. The molecule has 84 valence electrons. The third-order valence-corrected chi connectivity index (χ3v) is 3.46. The lowest BCUT2D eigenvalue weighted by Gasteiger charge is -2.18. The molecular formula is C14H17NO. The van der Waals surface area contributed by atoms with Gasteiger partial charge in [-0.05, 0) is 31.2 Å². The maximum atomic E-state index is 10.5. The summed E-state index contributed by atoms with van der Waals surface area (Å²) in [6.45, 7) is 2.07. The van der Waals surface area contributed by atoms with E-state index in [-0.39, 0.29) is 6.04 Å². The van der Waals surface area contributed by atoms with Gasteiger partial charge in [-0.3, -0.25) is 0 Å². The normalized spacial score (nSPS) is 18.1. The lowest BCUT2D eigenvalue weighted by atomic mass is 9.92. The zero-order chi connectivity index (χ0) is 11.4. The number of aryl methyl sites for hydroxylation is 1. The van der Waals surface area contributed by atoms with E-state index in [0.717, 1.165) is 5.56 Å². The van der Waals surface area contributed by atoms with E-state index < -0.39 is 0 Å². The van der Waals surface area contributed by atoms with E-state index in [1.807, 2.05) is 0 Å². The van der Waals surface area contributed by atoms with Gasteiger partial charge in [-0.2, -0.15) is 4.99 Å². The molecule has 0 heterocycles. The molecule has 1 aromatic rings. The Kier molecular flexibility index (Phi) is 3.53. The van der Waals surface area contributed by atoms with Crippen molar-refractivity contribution in [2.75, 3.05) is 0 Å². The zero-order valence-corrected chi connectivity index (χ0v) is 9.65. The molecule has 16 heavy (non-hydrogen) atoms. The fourth-order valence-corrected chi connectivity index (χ4v) is 2.55. The van der Waals surface area contributed by atoms with Gasteiger partial charge in [-0.1, -0.05) is 42.7 Å². The Balaban J connectivity index is 2.24. The van der Waals surface area contributed by atoms with Crippen molar-refractivity contribution in [3.05, 3.63) is 35.4 Å². The van der Waals surface area contributed by atoms with Crippen molar-refractivity contribution in [2.45, 2.75) is 38.6 Å². The minimum atomic E-state index is 0.0283. The van der Waals surface area contributed by atoms with E-state index in [1.54, 1.807) is 6.08 Å². The highest BCUT2D eigenvalue weighted by Crippen LogP contribution is 2.37. The van der Waals surface area contributed by atoms with E-state index >= 15 is 0 Å². The summed E-state index contributed by atoms with van der Waals surface area (Å²) in [5, 5.41) is 0. The van der Waals surface area contributed by atoms with Crippen molar-refractivity contribution in [1.29, 1.82) is 0 Å². The van der Waals surface area contributed by atoms with Crippen LogP contribution in [-0.2, 0) is 4.79 Å². The molecule has 0 aromatic heterocycles. The van der Waals surface area contributed by atoms with Gasteiger partial charge >= 0.3 is 0 Å². The molecule has 0 aliphatic heterocycles. The van der Waals surface area contributed by atoms with Crippen molar-refractivity contribution in [2.24, 2.45) is 10.9 Å². The lowest BCUT2D eigenvalue weighted by Crippen LogP contribution is -2.07. The lowest BCUT2D eigenvalue weighted by molar-refractivity contribution is 0.442. The van der Waals surface area contributed by atoms with Crippen LogP contribution >= 0.6 is 0 Å². The quantitative estimate of drug-likeness (QED) is 0.560. The van der Waals surface area contributed by atoms with Crippen LogP contribution in [0.2, 0.25) is 0 Å². The third-order valence-electron chi connectivity index (χ3n) is 3.46. The molecule has 0 saturated heterocycles. The SMILES string of the molecule is Cc1ccc(C(N=C=O)C2CCCC2)cc1. The Morgan fingerprint density at radius 1 is 1.25 bits per heavy atom. The Morgan fingerprint density at radius 3 is 2.44 bits per heavy atom. The van der Waals surface area contributed by atoms with Crippen molar-refractivity contribution >= 4 is 6.08 Å². The number of nitrogens with zero attached hydrogens (tertiary/aromatic N) is 1. The second-order valence-corrected chi connectivity index (χ2v) is 4.62. The molecule has 1 aliphatic carbocycles. The highest BCUT2D eigenvalue weighted by molar-refractivity contribution is 5.36. The number of hydrogen-bond donors (Lipinski definition) is 0. The predicted octanol–water partition coefficient (Wildman–Crippen LogP) is 3.56. The van der Waals surface area contributed by atoms with E-state index in [1.165, 1.54) is 31.2 Å². The molecule has 1 aromatic carbocycles. The van der Waals surface area contributed by atoms with Crippen molar-refractivity contribution < 1.29 is 4.79 Å². The smallest absolute Gasteiger partial charge is 0.211 e. The van der Waals surface area contributed by atoms with E-state index in [4.69, 9.17) is 0 Å². The number of benzene rings is 1. The van der Waals surface area contributed by atoms with Crippen molar-refractivity contribution in [1.82, 2.24) is 0 Å². The molecule has 1 aliphatic rings. The minimum Gasteiger partial charge on any atom is -0.211 e. The molecule has 0 radical (unpaired) electrons. The maximum absolute atomic E-state index is 10.5. The molecule has 1 saturated carbocycles. The van der Waals surface area contributed by atoms with Crippen LogP contribution in [-0.4, -0.2) is 6.08 Å². The molecule has 1 unspecified atom stereocenters. The first-order chi connectivity index (χ1) is 7.81. The standard InChI is InChI=1S/C14H17NO/c1-11-6-8-13(9-7-11)14(15-10-16)12-4-2-3-5-12/h6-9,12,14H,2-5H2,1H3. The molecule has 1 fully saturated rings. The summed E-state index contributed by atoms with van der Waals surface area (Å²) >= 11 is 0. The maximum Gasteiger partial charge on any atom is 0.235 e. The molecule has 0 amide bonds. The average Bonchev–Trinajstić information content (AvgIpc) is 2.81. The first-order valence-corrected chi connectivity index (χ1v) is 5.95. The van der Waals surface area contributed by atoms with Crippen LogP contribution in [0.1, 0.15) is 42.9 Å². The fourth-order valence-electron chi connectivity index (χ4n) is 2.55. The minimum absolute atomic E-state index is 0.0283. The van der Waals surface area contributed by atoms with Gasteiger partial charge < -0.3 is 0 Å². The van der Waals surface area contributed by atoms with E-state index in [9.17, 15) is 4.79 Å². The molecule has 2 heteroatoms. The first kappa shape index (κ1) is 11.1. The van der Waals surface area contributed by atoms with Crippen LogP contribution < -0.4 is 0 Å². The second-order valence-electron chi connectivity index (χ2n) is 4.62. The molecule has 0 spiro atoms. The van der Waals surface area contributed by atoms with Crippen LogP contribution in [0.15, 0.2) is 29.3 Å². The Bertz CT molecular complexity index is 384. The number of hydrogen-bond acceptors (Lipinski definition) is 2. The number of carbonyl (C=O) groups excluding carboxylic acids is 1. The van der Waals surface area contributed by atoms with E-state index in [2.05, 4.69) is 36.2 Å². The number of aliphatic imine (C=N–C) groups is 1. The summed E-state index contributed by atoms with van der Waals surface area (Å²) in [6, 6.07) is 8.36. The predicted molar refractivity (Wildman–Crippen MR) is 64.0 cm³/mol. The summed E-state index contributed by atoms with van der Waals surface area (Å²) in [5.74, 6) is 0.532. The summed E-state index contributed by atoms with van der Waals surface area (Å²) in [6.07, 6.45) is 6.63. The van der Waals surface area contributed by atoms with Crippen molar-refractivity contribution in [3.8, 4) is 0 Å². The highest BCUT2D eigenvalue weighted by atomic mass is 16.1. The fraction of sp³-hybridized carbons (Fsp3) is 0.500. The second kappa shape index (κ2) is 5.09. The van der Waals surface area contributed by atoms with Crippen LogP contribution in [0.5, 0.6) is 0 Å². The summed E-state index contributed by atoms with van der Waals surface area (Å²) in [4.78, 5) is 14.5. The molecule has 0 N–H and O–H groups in total. The summed E-state index contributed by atoms with van der Waals surface area (Å²) in [5.41, 5.74) is 2.39. The van der Waals surface area contributed by atoms with Gasteiger partial charge in [0.15, 0.2) is 0 Å². The van der Waals surface area contributed by atoms with Gasteiger partial charge in [0.1, 0.15) is 0 Å².